The molecule has 0 saturated carbocycles. The Labute approximate surface area is 104 Å². The van der Waals surface area contributed by atoms with Crippen molar-refractivity contribution in [2.75, 3.05) is 0 Å². The van der Waals surface area contributed by atoms with E-state index in [0.29, 0.717) is 11.8 Å². The van der Waals surface area contributed by atoms with Gasteiger partial charge in [-0.15, -0.1) is 0 Å². The van der Waals surface area contributed by atoms with Crippen LogP contribution in [0.4, 0.5) is 0 Å². The highest BCUT2D eigenvalue weighted by Gasteiger charge is 2.36. The summed E-state index contributed by atoms with van der Waals surface area (Å²) in [7, 11) is 0. The average molecular weight is 233 g/mol. The van der Waals surface area contributed by atoms with Crippen molar-refractivity contribution in [2.45, 2.75) is 64.9 Å². The van der Waals surface area contributed by atoms with Crippen molar-refractivity contribution < 1.29 is 5.11 Å². The third-order valence-corrected chi connectivity index (χ3v) is 3.76. The molecular formula is C15H23NO. The largest absolute Gasteiger partial charge is 0.384 e. The van der Waals surface area contributed by atoms with Crippen molar-refractivity contribution in [3.05, 3.63) is 28.6 Å². The molecule has 0 spiro atoms. The first-order chi connectivity index (χ1) is 7.83. The van der Waals surface area contributed by atoms with Crippen molar-refractivity contribution in [3.63, 3.8) is 0 Å². The SMILES string of the molecule is CC(C)c1cc(C(C)C)c2c(n1)C(C)(O)CC2. The van der Waals surface area contributed by atoms with Crippen molar-refractivity contribution in [1.29, 1.82) is 0 Å². The van der Waals surface area contributed by atoms with Gasteiger partial charge in [-0.25, -0.2) is 0 Å². The highest BCUT2D eigenvalue weighted by molar-refractivity contribution is 5.41. The fourth-order valence-corrected chi connectivity index (χ4v) is 2.62. The van der Waals surface area contributed by atoms with Gasteiger partial charge < -0.3 is 5.11 Å². The van der Waals surface area contributed by atoms with E-state index >= 15 is 0 Å². The molecule has 1 N–H and O–H groups in total. The first-order valence-corrected chi connectivity index (χ1v) is 6.59. The fraction of sp³-hybridized carbons (Fsp3) is 0.667. The standard InChI is InChI=1S/C15H23NO/c1-9(2)12-8-13(10(3)4)16-14-11(12)6-7-15(14,5)17/h8-10,17H,6-7H2,1-5H3. The maximum Gasteiger partial charge on any atom is 0.104 e. The molecule has 0 aromatic carbocycles. The van der Waals surface area contributed by atoms with Crippen LogP contribution in [-0.4, -0.2) is 10.1 Å². The average Bonchev–Trinajstić information content (AvgIpc) is 2.53. The molecule has 2 rings (SSSR count). The number of aromatic nitrogens is 1. The molecule has 1 atom stereocenters. The summed E-state index contributed by atoms with van der Waals surface area (Å²) in [6.07, 6.45) is 1.76. The molecule has 0 radical (unpaired) electrons. The zero-order valence-corrected chi connectivity index (χ0v) is 11.5. The molecule has 17 heavy (non-hydrogen) atoms. The van der Waals surface area contributed by atoms with Crippen molar-refractivity contribution in [1.82, 2.24) is 4.98 Å². The topological polar surface area (TPSA) is 33.1 Å². The summed E-state index contributed by atoms with van der Waals surface area (Å²) < 4.78 is 0. The summed E-state index contributed by atoms with van der Waals surface area (Å²) in [6, 6.07) is 2.23. The Morgan fingerprint density at radius 2 is 1.88 bits per heavy atom. The zero-order chi connectivity index (χ0) is 12.8. The van der Waals surface area contributed by atoms with Crippen LogP contribution in [0, 0.1) is 0 Å². The van der Waals surface area contributed by atoms with E-state index in [1.54, 1.807) is 0 Å². The zero-order valence-electron chi connectivity index (χ0n) is 11.5. The highest BCUT2D eigenvalue weighted by Crippen LogP contribution is 2.39. The number of pyridine rings is 1. The van der Waals surface area contributed by atoms with Crippen LogP contribution in [0.5, 0.6) is 0 Å². The molecule has 1 aromatic heterocycles. The Morgan fingerprint density at radius 3 is 2.41 bits per heavy atom. The van der Waals surface area contributed by atoms with Crippen LogP contribution in [0.3, 0.4) is 0 Å². The predicted molar refractivity (Wildman–Crippen MR) is 70.3 cm³/mol. The Bertz CT molecular complexity index is 433. The Kier molecular flexibility index (Phi) is 3.03. The molecular weight excluding hydrogens is 210 g/mol. The van der Waals surface area contributed by atoms with Gasteiger partial charge in [0.15, 0.2) is 0 Å². The van der Waals surface area contributed by atoms with E-state index in [1.165, 1.54) is 11.1 Å². The summed E-state index contributed by atoms with van der Waals surface area (Å²) >= 11 is 0. The third kappa shape index (κ3) is 2.11. The van der Waals surface area contributed by atoms with E-state index in [0.717, 1.165) is 24.2 Å². The molecule has 94 valence electrons. The van der Waals surface area contributed by atoms with Crippen LogP contribution < -0.4 is 0 Å². The summed E-state index contributed by atoms with van der Waals surface area (Å²) in [5, 5.41) is 10.4. The van der Waals surface area contributed by atoms with E-state index in [-0.39, 0.29) is 0 Å². The lowest BCUT2D eigenvalue weighted by atomic mass is 9.93. The van der Waals surface area contributed by atoms with E-state index in [2.05, 4.69) is 33.8 Å². The number of hydrogen-bond donors (Lipinski definition) is 1. The van der Waals surface area contributed by atoms with E-state index < -0.39 is 5.60 Å². The third-order valence-electron chi connectivity index (χ3n) is 3.76. The Hall–Kier alpha value is -0.890. The van der Waals surface area contributed by atoms with Gasteiger partial charge in [-0.2, -0.15) is 0 Å². The molecule has 1 aromatic rings. The van der Waals surface area contributed by atoms with Gasteiger partial charge in [-0.05, 0) is 48.8 Å². The summed E-state index contributed by atoms with van der Waals surface area (Å²) in [5.74, 6) is 0.910. The van der Waals surface area contributed by atoms with E-state index in [9.17, 15) is 5.11 Å². The van der Waals surface area contributed by atoms with Crippen molar-refractivity contribution >= 4 is 0 Å². The Balaban J connectivity index is 2.63. The van der Waals surface area contributed by atoms with Gasteiger partial charge in [0, 0.05) is 5.69 Å². The molecule has 1 heterocycles. The molecule has 2 heteroatoms. The number of nitrogens with zero attached hydrogens (tertiary/aromatic N) is 1. The van der Waals surface area contributed by atoms with Gasteiger partial charge in [0.1, 0.15) is 5.60 Å². The van der Waals surface area contributed by atoms with Gasteiger partial charge in [-0.3, -0.25) is 4.98 Å². The Morgan fingerprint density at radius 1 is 1.24 bits per heavy atom. The van der Waals surface area contributed by atoms with Crippen molar-refractivity contribution in [2.24, 2.45) is 0 Å². The molecule has 0 fully saturated rings. The maximum absolute atomic E-state index is 10.4. The van der Waals surface area contributed by atoms with Crippen LogP contribution in [0.15, 0.2) is 6.07 Å². The second-order valence-electron chi connectivity index (χ2n) is 6.05. The van der Waals surface area contributed by atoms with Crippen LogP contribution in [0.1, 0.15) is 75.4 Å². The van der Waals surface area contributed by atoms with Gasteiger partial charge in [0.2, 0.25) is 0 Å². The lowest BCUT2D eigenvalue weighted by molar-refractivity contribution is 0.0551. The highest BCUT2D eigenvalue weighted by atomic mass is 16.3. The minimum atomic E-state index is -0.732. The van der Waals surface area contributed by atoms with Gasteiger partial charge >= 0.3 is 0 Å². The first-order valence-electron chi connectivity index (χ1n) is 6.59. The van der Waals surface area contributed by atoms with E-state index in [4.69, 9.17) is 4.98 Å². The summed E-state index contributed by atoms with van der Waals surface area (Å²) in [5.41, 5.74) is 3.96. The molecule has 0 amide bonds. The summed E-state index contributed by atoms with van der Waals surface area (Å²) in [6.45, 7) is 10.6. The second kappa shape index (κ2) is 4.09. The molecule has 0 bridgehead atoms. The summed E-state index contributed by atoms with van der Waals surface area (Å²) in [4.78, 5) is 4.70. The predicted octanol–water partition coefficient (Wildman–Crippen LogP) is 3.48. The maximum atomic E-state index is 10.4. The van der Waals surface area contributed by atoms with Gasteiger partial charge in [0.05, 0.1) is 5.69 Å². The number of fused-ring (bicyclic) bond motifs is 1. The molecule has 1 aliphatic carbocycles. The molecule has 1 unspecified atom stereocenters. The number of aliphatic hydroxyl groups is 1. The van der Waals surface area contributed by atoms with Crippen LogP contribution in [-0.2, 0) is 12.0 Å². The second-order valence-corrected chi connectivity index (χ2v) is 6.05. The van der Waals surface area contributed by atoms with Crippen LogP contribution in [0.2, 0.25) is 0 Å². The molecule has 1 aliphatic rings. The fourth-order valence-electron chi connectivity index (χ4n) is 2.62. The minimum absolute atomic E-state index is 0.411. The lowest BCUT2D eigenvalue weighted by Crippen LogP contribution is -2.19. The lowest BCUT2D eigenvalue weighted by Gasteiger charge is -2.20. The first kappa shape index (κ1) is 12.6. The van der Waals surface area contributed by atoms with Crippen LogP contribution in [0.25, 0.3) is 0 Å². The smallest absolute Gasteiger partial charge is 0.104 e. The molecule has 0 aliphatic heterocycles. The monoisotopic (exact) mass is 233 g/mol. The minimum Gasteiger partial charge on any atom is -0.384 e. The number of hydrogen-bond acceptors (Lipinski definition) is 2. The van der Waals surface area contributed by atoms with Gasteiger partial charge in [-0.1, -0.05) is 27.7 Å². The van der Waals surface area contributed by atoms with Gasteiger partial charge in [0.25, 0.3) is 0 Å². The molecule has 2 nitrogen and oxygen atoms in total. The van der Waals surface area contributed by atoms with E-state index in [1.807, 2.05) is 6.92 Å². The van der Waals surface area contributed by atoms with Crippen LogP contribution >= 0.6 is 0 Å². The normalized spacial score (nSPS) is 23.5. The van der Waals surface area contributed by atoms with Crippen molar-refractivity contribution in [3.8, 4) is 0 Å². The molecule has 0 saturated heterocycles. The number of rotatable bonds is 2. The quantitative estimate of drug-likeness (QED) is 0.848.